The van der Waals surface area contributed by atoms with E-state index in [1.165, 1.54) is 18.2 Å². The van der Waals surface area contributed by atoms with Crippen LogP contribution >= 0.6 is 0 Å². The molecule has 1 atom stereocenters. The zero-order valence-corrected chi connectivity index (χ0v) is 7.66. The Morgan fingerprint density at radius 1 is 1.53 bits per heavy atom. The second-order valence-corrected chi connectivity index (χ2v) is 2.97. The van der Waals surface area contributed by atoms with Gasteiger partial charge in [-0.25, -0.2) is 0 Å². The molecule has 0 saturated heterocycles. The fraction of sp³-hybridized carbons (Fsp3) is 0.222. The predicted octanol–water partition coefficient (Wildman–Crippen LogP) is 1.10. The van der Waals surface area contributed by atoms with E-state index in [9.17, 15) is 20.0 Å². The van der Waals surface area contributed by atoms with Crippen LogP contribution in [0.2, 0.25) is 0 Å². The minimum atomic E-state index is -1.22. The van der Waals surface area contributed by atoms with Crippen molar-refractivity contribution >= 4 is 11.7 Å². The minimum absolute atomic E-state index is 0.170. The van der Waals surface area contributed by atoms with E-state index in [1.54, 1.807) is 0 Å². The number of nitro groups is 1. The van der Waals surface area contributed by atoms with Crippen LogP contribution in [0.4, 0.5) is 5.69 Å². The topological polar surface area (TPSA) is 101 Å². The van der Waals surface area contributed by atoms with Gasteiger partial charge in [0.05, 0.1) is 17.4 Å². The van der Waals surface area contributed by atoms with E-state index in [4.69, 9.17) is 5.11 Å². The summed E-state index contributed by atoms with van der Waals surface area (Å²) in [6.07, 6.45) is -1.69. The van der Waals surface area contributed by atoms with Gasteiger partial charge >= 0.3 is 5.97 Å². The highest BCUT2D eigenvalue weighted by Crippen LogP contribution is 2.21. The van der Waals surface area contributed by atoms with Crippen molar-refractivity contribution in [3.8, 4) is 0 Å². The molecule has 1 aromatic rings. The van der Waals surface area contributed by atoms with E-state index >= 15 is 0 Å². The molecule has 0 heterocycles. The van der Waals surface area contributed by atoms with Gasteiger partial charge in [-0.1, -0.05) is 12.1 Å². The van der Waals surface area contributed by atoms with Crippen molar-refractivity contribution in [1.82, 2.24) is 0 Å². The molecule has 0 saturated carbocycles. The van der Waals surface area contributed by atoms with Gasteiger partial charge in [-0.15, -0.1) is 0 Å². The summed E-state index contributed by atoms with van der Waals surface area (Å²) in [6, 6.07) is 5.28. The molecule has 6 heteroatoms. The molecule has 0 aliphatic heterocycles. The molecule has 0 amide bonds. The second kappa shape index (κ2) is 4.52. The van der Waals surface area contributed by atoms with E-state index in [0.29, 0.717) is 0 Å². The van der Waals surface area contributed by atoms with E-state index in [0.717, 1.165) is 6.07 Å². The number of nitro benzene ring substituents is 1. The maximum absolute atomic E-state index is 10.4. The summed E-state index contributed by atoms with van der Waals surface area (Å²) >= 11 is 0. The van der Waals surface area contributed by atoms with Gasteiger partial charge in [-0.05, 0) is 5.56 Å². The van der Waals surface area contributed by atoms with Gasteiger partial charge in [-0.2, -0.15) is 0 Å². The standard InChI is InChI=1S/C9H9NO5/c11-8(5-9(12)13)6-2-1-3-7(4-6)10(14)15/h1-4,8,11H,5H2,(H,12,13)/t8-/m1/s1. The third kappa shape index (κ3) is 3.03. The molecule has 80 valence electrons. The Morgan fingerprint density at radius 2 is 2.20 bits per heavy atom. The maximum Gasteiger partial charge on any atom is 0.306 e. The lowest BCUT2D eigenvalue weighted by Gasteiger charge is -2.07. The van der Waals surface area contributed by atoms with Crippen molar-refractivity contribution in [3.05, 3.63) is 39.9 Å². The van der Waals surface area contributed by atoms with Gasteiger partial charge in [0, 0.05) is 12.1 Å². The summed E-state index contributed by atoms with van der Waals surface area (Å²) in [5, 5.41) is 28.2. The quantitative estimate of drug-likeness (QED) is 0.573. The molecular weight excluding hydrogens is 202 g/mol. The molecule has 0 radical (unpaired) electrons. The second-order valence-electron chi connectivity index (χ2n) is 2.97. The first kappa shape index (κ1) is 11.1. The van der Waals surface area contributed by atoms with Crippen LogP contribution in [0.3, 0.4) is 0 Å². The molecule has 15 heavy (non-hydrogen) atoms. The SMILES string of the molecule is O=C(O)C[C@@H](O)c1cccc([N+](=O)[O-])c1. The lowest BCUT2D eigenvalue weighted by atomic mass is 10.1. The van der Waals surface area contributed by atoms with Crippen LogP contribution < -0.4 is 0 Å². The maximum atomic E-state index is 10.4. The Balaban J connectivity index is 2.89. The number of carbonyl (C=O) groups is 1. The third-order valence-corrected chi connectivity index (χ3v) is 1.83. The van der Waals surface area contributed by atoms with Gasteiger partial charge in [0.25, 0.3) is 5.69 Å². The number of hydrogen-bond acceptors (Lipinski definition) is 4. The van der Waals surface area contributed by atoms with E-state index in [-0.39, 0.29) is 11.3 Å². The first-order valence-corrected chi connectivity index (χ1v) is 4.15. The van der Waals surface area contributed by atoms with Gasteiger partial charge in [0.1, 0.15) is 0 Å². The zero-order chi connectivity index (χ0) is 11.4. The number of hydrogen-bond donors (Lipinski definition) is 2. The van der Waals surface area contributed by atoms with Crippen LogP contribution in [0.5, 0.6) is 0 Å². The number of non-ortho nitro benzene ring substituents is 1. The number of nitrogens with zero attached hydrogens (tertiary/aromatic N) is 1. The number of carboxylic acids is 1. The van der Waals surface area contributed by atoms with Crippen molar-refractivity contribution in [1.29, 1.82) is 0 Å². The van der Waals surface area contributed by atoms with Gasteiger partial charge < -0.3 is 10.2 Å². The number of benzene rings is 1. The monoisotopic (exact) mass is 211 g/mol. The molecular formula is C9H9NO5. The normalized spacial score (nSPS) is 12.1. The first-order valence-electron chi connectivity index (χ1n) is 4.15. The van der Waals surface area contributed by atoms with Crippen LogP contribution in [0.1, 0.15) is 18.1 Å². The van der Waals surface area contributed by atoms with Crippen LogP contribution in [-0.4, -0.2) is 21.1 Å². The molecule has 0 spiro atoms. The molecule has 0 aromatic heterocycles. The average molecular weight is 211 g/mol. The summed E-state index contributed by atoms with van der Waals surface area (Å²) in [7, 11) is 0. The Hall–Kier alpha value is -1.95. The smallest absolute Gasteiger partial charge is 0.306 e. The predicted molar refractivity (Wildman–Crippen MR) is 50.3 cm³/mol. The Morgan fingerprint density at radius 3 is 2.73 bits per heavy atom. The van der Waals surface area contributed by atoms with Gasteiger partial charge in [-0.3, -0.25) is 14.9 Å². The Kier molecular flexibility index (Phi) is 3.35. The highest BCUT2D eigenvalue weighted by molar-refractivity contribution is 5.67. The molecule has 0 unspecified atom stereocenters. The van der Waals surface area contributed by atoms with Crippen LogP contribution in [0.15, 0.2) is 24.3 Å². The van der Waals surface area contributed by atoms with Crippen molar-refractivity contribution < 1.29 is 19.9 Å². The average Bonchev–Trinajstić information content (AvgIpc) is 2.17. The Bertz CT molecular complexity index is 390. The lowest BCUT2D eigenvalue weighted by Crippen LogP contribution is -2.05. The molecule has 1 rings (SSSR count). The summed E-state index contributed by atoms with van der Waals surface area (Å²) in [6.45, 7) is 0. The van der Waals surface area contributed by atoms with Crippen molar-refractivity contribution in [3.63, 3.8) is 0 Å². The van der Waals surface area contributed by atoms with Crippen LogP contribution in [0, 0.1) is 10.1 Å². The van der Waals surface area contributed by atoms with E-state index in [2.05, 4.69) is 0 Å². The lowest BCUT2D eigenvalue weighted by molar-refractivity contribution is -0.385. The van der Waals surface area contributed by atoms with Crippen molar-refractivity contribution in [2.75, 3.05) is 0 Å². The molecule has 0 fully saturated rings. The largest absolute Gasteiger partial charge is 0.481 e. The highest BCUT2D eigenvalue weighted by atomic mass is 16.6. The van der Waals surface area contributed by atoms with E-state index < -0.39 is 23.4 Å². The summed E-state index contributed by atoms with van der Waals surface area (Å²) in [5.41, 5.74) is 0.0588. The number of aliphatic carboxylic acids is 1. The molecule has 6 nitrogen and oxygen atoms in total. The molecule has 0 bridgehead atoms. The van der Waals surface area contributed by atoms with Crippen LogP contribution in [0.25, 0.3) is 0 Å². The summed E-state index contributed by atoms with van der Waals surface area (Å²) in [5.74, 6) is -1.16. The zero-order valence-electron chi connectivity index (χ0n) is 7.66. The van der Waals surface area contributed by atoms with E-state index in [1.807, 2.05) is 0 Å². The molecule has 1 aromatic carbocycles. The minimum Gasteiger partial charge on any atom is -0.481 e. The number of carboxylic acid groups (broad SMARTS) is 1. The number of rotatable bonds is 4. The molecule has 0 aliphatic carbocycles. The molecule has 0 aliphatic rings. The number of aliphatic hydroxyl groups is 1. The summed E-state index contributed by atoms with van der Waals surface area (Å²) in [4.78, 5) is 20.1. The fourth-order valence-electron chi connectivity index (χ4n) is 1.13. The van der Waals surface area contributed by atoms with Gasteiger partial charge in [0.2, 0.25) is 0 Å². The third-order valence-electron chi connectivity index (χ3n) is 1.83. The fourth-order valence-corrected chi connectivity index (χ4v) is 1.13. The first-order chi connectivity index (χ1) is 7.00. The Labute approximate surface area is 84.9 Å². The van der Waals surface area contributed by atoms with Crippen LogP contribution in [-0.2, 0) is 4.79 Å². The summed E-state index contributed by atoms with van der Waals surface area (Å²) < 4.78 is 0. The van der Waals surface area contributed by atoms with Crippen molar-refractivity contribution in [2.24, 2.45) is 0 Å². The van der Waals surface area contributed by atoms with Gasteiger partial charge in [0.15, 0.2) is 0 Å². The molecule has 2 N–H and O–H groups in total. The van der Waals surface area contributed by atoms with Crippen molar-refractivity contribution in [2.45, 2.75) is 12.5 Å². The number of aliphatic hydroxyl groups excluding tert-OH is 1. The highest BCUT2D eigenvalue weighted by Gasteiger charge is 2.14.